The molecular weight excluding hydrogens is 198 g/mol. The topological polar surface area (TPSA) is 21.3 Å². The van der Waals surface area contributed by atoms with Gasteiger partial charge in [-0.25, -0.2) is 0 Å². The van der Waals surface area contributed by atoms with Crippen molar-refractivity contribution in [1.29, 1.82) is 0 Å². The number of nitrogens with one attached hydrogen (secondary N) is 1. The molecular formula is C14H21NO. The summed E-state index contributed by atoms with van der Waals surface area (Å²) < 4.78 is 5.74. The van der Waals surface area contributed by atoms with E-state index in [0.717, 1.165) is 19.7 Å². The van der Waals surface area contributed by atoms with Gasteiger partial charge in [0.2, 0.25) is 0 Å². The third-order valence-corrected chi connectivity index (χ3v) is 3.52. The lowest BCUT2D eigenvalue weighted by molar-refractivity contribution is 0.0341. The van der Waals surface area contributed by atoms with Gasteiger partial charge in [0.1, 0.15) is 0 Å². The Kier molecular flexibility index (Phi) is 3.97. The van der Waals surface area contributed by atoms with Crippen LogP contribution in [0.1, 0.15) is 25.3 Å². The Bertz CT molecular complexity index is 312. The van der Waals surface area contributed by atoms with E-state index in [2.05, 4.69) is 49.5 Å². The molecule has 0 spiro atoms. The SMILES string of the molecule is CCO[C@H](C)[C@@H]1CNC[C@H]1c1ccccc1. The minimum absolute atomic E-state index is 0.338. The van der Waals surface area contributed by atoms with Gasteiger partial charge < -0.3 is 10.1 Å². The molecule has 0 bridgehead atoms. The fraction of sp³-hybridized carbons (Fsp3) is 0.571. The first kappa shape index (κ1) is 11.6. The lowest BCUT2D eigenvalue weighted by atomic mass is 9.86. The van der Waals surface area contributed by atoms with Crippen molar-refractivity contribution in [1.82, 2.24) is 5.32 Å². The van der Waals surface area contributed by atoms with Crippen LogP contribution in [-0.2, 0) is 4.74 Å². The molecule has 1 aromatic rings. The van der Waals surface area contributed by atoms with E-state index in [-0.39, 0.29) is 0 Å². The van der Waals surface area contributed by atoms with Crippen LogP contribution in [0.15, 0.2) is 30.3 Å². The molecule has 1 heterocycles. The zero-order chi connectivity index (χ0) is 11.4. The van der Waals surface area contributed by atoms with E-state index in [0.29, 0.717) is 17.9 Å². The summed E-state index contributed by atoms with van der Waals surface area (Å²) in [6, 6.07) is 10.8. The molecule has 0 amide bonds. The molecule has 0 aromatic heterocycles. The van der Waals surface area contributed by atoms with Gasteiger partial charge in [-0.2, -0.15) is 0 Å². The average molecular weight is 219 g/mol. The molecule has 2 nitrogen and oxygen atoms in total. The van der Waals surface area contributed by atoms with E-state index >= 15 is 0 Å². The summed E-state index contributed by atoms with van der Waals surface area (Å²) in [6.07, 6.45) is 0.338. The summed E-state index contributed by atoms with van der Waals surface area (Å²) in [5.41, 5.74) is 1.43. The Morgan fingerprint density at radius 1 is 1.31 bits per heavy atom. The molecule has 2 heteroatoms. The molecule has 0 saturated carbocycles. The third kappa shape index (κ3) is 2.45. The minimum Gasteiger partial charge on any atom is -0.378 e. The van der Waals surface area contributed by atoms with E-state index in [1.807, 2.05) is 0 Å². The van der Waals surface area contributed by atoms with Gasteiger partial charge in [0.05, 0.1) is 6.10 Å². The summed E-state index contributed by atoms with van der Waals surface area (Å²) in [6.45, 7) is 7.21. The molecule has 1 aliphatic heterocycles. The Morgan fingerprint density at radius 3 is 2.75 bits per heavy atom. The van der Waals surface area contributed by atoms with E-state index in [4.69, 9.17) is 4.74 Å². The van der Waals surface area contributed by atoms with Crippen molar-refractivity contribution in [3.05, 3.63) is 35.9 Å². The van der Waals surface area contributed by atoms with Crippen molar-refractivity contribution in [2.75, 3.05) is 19.7 Å². The molecule has 1 fully saturated rings. The van der Waals surface area contributed by atoms with Crippen LogP contribution in [0.5, 0.6) is 0 Å². The van der Waals surface area contributed by atoms with Gasteiger partial charge in [-0.05, 0) is 19.4 Å². The summed E-state index contributed by atoms with van der Waals surface area (Å²) >= 11 is 0. The number of hydrogen-bond donors (Lipinski definition) is 1. The highest BCUT2D eigenvalue weighted by Gasteiger charge is 2.32. The molecule has 0 aliphatic carbocycles. The van der Waals surface area contributed by atoms with Gasteiger partial charge in [0.15, 0.2) is 0 Å². The van der Waals surface area contributed by atoms with Gasteiger partial charge in [-0.3, -0.25) is 0 Å². The second-order valence-corrected chi connectivity index (χ2v) is 4.50. The Hall–Kier alpha value is -0.860. The number of ether oxygens (including phenoxy) is 1. The number of rotatable bonds is 4. The van der Waals surface area contributed by atoms with Crippen LogP contribution in [0, 0.1) is 5.92 Å². The van der Waals surface area contributed by atoms with Crippen LogP contribution in [0.4, 0.5) is 0 Å². The van der Waals surface area contributed by atoms with Crippen molar-refractivity contribution in [2.24, 2.45) is 5.92 Å². The standard InChI is InChI=1S/C14H21NO/c1-3-16-11(2)13-9-15-10-14(13)12-7-5-4-6-8-12/h4-8,11,13-15H,3,9-10H2,1-2H3/t11-,13+,14+/m1/s1. The van der Waals surface area contributed by atoms with E-state index in [9.17, 15) is 0 Å². The van der Waals surface area contributed by atoms with Crippen LogP contribution < -0.4 is 5.32 Å². The van der Waals surface area contributed by atoms with Gasteiger partial charge in [-0.15, -0.1) is 0 Å². The average Bonchev–Trinajstić information content (AvgIpc) is 2.79. The molecule has 1 aromatic carbocycles. The zero-order valence-electron chi connectivity index (χ0n) is 10.1. The van der Waals surface area contributed by atoms with E-state index in [1.54, 1.807) is 0 Å². The molecule has 16 heavy (non-hydrogen) atoms. The first-order valence-corrected chi connectivity index (χ1v) is 6.20. The first-order valence-electron chi connectivity index (χ1n) is 6.20. The smallest absolute Gasteiger partial charge is 0.0593 e. The maximum absolute atomic E-state index is 5.74. The van der Waals surface area contributed by atoms with Crippen molar-refractivity contribution in [3.63, 3.8) is 0 Å². The fourth-order valence-electron chi connectivity index (χ4n) is 2.64. The van der Waals surface area contributed by atoms with Crippen LogP contribution >= 0.6 is 0 Å². The van der Waals surface area contributed by atoms with Crippen molar-refractivity contribution >= 4 is 0 Å². The van der Waals surface area contributed by atoms with Crippen molar-refractivity contribution in [2.45, 2.75) is 25.9 Å². The second kappa shape index (κ2) is 5.46. The summed E-state index contributed by atoms with van der Waals surface area (Å²) in [5, 5.41) is 3.48. The predicted molar refractivity (Wildman–Crippen MR) is 66.6 cm³/mol. The molecule has 88 valence electrons. The Morgan fingerprint density at radius 2 is 2.06 bits per heavy atom. The van der Waals surface area contributed by atoms with Crippen LogP contribution in [0.3, 0.4) is 0 Å². The van der Waals surface area contributed by atoms with E-state index in [1.165, 1.54) is 5.56 Å². The lowest BCUT2D eigenvalue weighted by Gasteiger charge is -2.25. The quantitative estimate of drug-likeness (QED) is 0.839. The summed E-state index contributed by atoms with van der Waals surface area (Å²) in [7, 11) is 0. The molecule has 1 aliphatic rings. The summed E-state index contributed by atoms with van der Waals surface area (Å²) in [5.74, 6) is 1.20. The number of hydrogen-bond acceptors (Lipinski definition) is 2. The molecule has 0 radical (unpaired) electrons. The molecule has 1 N–H and O–H groups in total. The molecule has 0 unspecified atom stereocenters. The number of benzene rings is 1. The predicted octanol–water partition coefficient (Wildman–Crippen LogP) is 2.41. The normalized spacial score (nSPS) is 26.9. The second-order valence-electron chi connectivity index (χ2n) is 4.50. The van der Waals surface area contributed by atoms with Gasteiger partial charge >= 0.3 is 0 Å². The van der Waals surface area contributed by atoms with Crippen molar-refractivity contribution < 1.29 is 4.74 Å². The maximum atomic E-state index is 5.74. The Balaban J connectivity index is 2.09. The van der Waals surface area contributed by atoms with Crippen molar-refractivity contribution in [3.8, 4) is 0 Å². The van der Waals surface area contributed by atoms with Gasteiger partial charge in [0, 0.05) is 31.5 Å². The highest BCUT2D eigenvalue weighted by atomic mass is 16.5. The molecule has 2 rings (SSSR count). The largest absolute Gasteiger partial charge is 0.378 e. The third-order valence-electron chi connectivity index (χ3n) is 3.52. The monoisotopic (exact) mass is 219 g/mol. The Labute approximate surface area is 98.0 Å². The fourth-order valence-corrected chi connectivity index (χ4v) is 2.64. The lowest BCUT2D eigenvalue weighted by Crippen LogP contribution is -2.26. The molecule has 1 saturated heterocycles. The van der Waals surface area contributed by atoms with Crippen LogP contribution in [-0.4, -0.2) is 25.8 Å². The zero-order valence-corrected chi connectivity index (χ0v) is 10.1. The van der Waals surface area contributed by atoms with Crippen LogP contribution in [0.25, 0.3) is 0 Å². The minimum atomic E-state index is 0.338. The van der Waals surface area contributed by atoms with Gasteiger partial charge in [-0.1, -0.05) is 30.3 Å². The maximum Gasteiger partial charge on any atom is 0.0593 e. The highest BCUT2D eigenvalue weighted by Crippen LogP contribution is 2.31. The highest BCUT2D eigenvalue weighted by molar-refractivity contribution is 5.22. The van der Waals surface area contributed by atoms with Crippen LogP contribution in [0.2, 0.25) is 0 Å². The van der Waals surface area contributed by atoms with Gasteiger partial charge in [0.25, 0.3) is 0 Å². The first-order chi connectivity index (χ1) is 7.83. The molecule has 3 atom stereocenters. The van der Waals surface area contributed by atoms with E-state index < -0.39 is 0 Å². The summed E-state index contributed by atoms with van der Waals surface area (Å²) in [4.78, 5) is 0.